The molecular weight excluding hydrogens is 424 g/mol. The molecule has 0 unspecified atom stereocenters. The minimum absolute atomic E-state index is 0.870. The Balaban J connectivity index is 0.000000420. The van der Waals surface area contributed by atoms with E-state index in [9.17, 15) is 0 Å². The van der Waals surface area contributed by atoms with Crippen molar-refractivity contribution in [1.82, 2.24) is 0 Å². The third-order valence-corrected chi connectivity index (χ3v) is 5.83. The summed E-state index contributed by atoms with van der Waals surface area (Å²) in [4.78, 5) is 9.87. The summed E-state index contributed by atoms with van der Waals surface area (Å²) in [6, 6.07) is 29.2. The molecule has 2 nitrogen and oxygen atoms in total. The van der Waals surface area contributed by atoms with Gasteiger partial charge in [-0.1, -0.05) is 102 Å². The van der Waals surface area contributed by atoms with E-state index < -0.39 is 0 Å². The highest BCUT2D eigenvalue weighted by atomic mass is 14.8. The molecule has 0 heterocycles. The second-order valence-corrected chi connectivity index (χ2v) is 9.27. The number of aliphatic imine (C=N–C) groups is 2. The fourth-order valence-corrected chi connectivity index (χ4v) is 4.28. The van der Waals surface area contributed by atoms with E-state index in [1.54, 1.807) is 0 Å². The molecule has 0 radical (unpaired) electrons. The fraction of sp³-hybridized carbons (Fsp3) is 0.212. The van der Waals surface area contributed by atoms with Gasteiger partial charge in [0.05, 0.1) is 23.3 Å². The van der Waals surface area contributed by atoms with E-state index in [-0.39, 0.29) is 0 Å². The third kappa shape index (κ3) is 7.35. The Kier molecular flexibility index (Phi) is 8.92. The molecule has 0 aromatic heterocycles. The number of benzene rings is 4. The second kappa shape index (κ2) is 12.1. The highest BCUT2D eigenvalue weighted by Crippen LogP contribution is 2.27. The lowest BCUT2D eigenvalue weighted by Crippen LogP contribution is -2.03. The summed E-state index contributed by atoms with van der Waals surface area (Å²) < 4.78 is 0. The molecule has 0 N–H and O–H groups in total. The largest absolute Gasteiger partial charge is 0.254 e. The van der Waals surface area contributed by atoms with Crippen LogP contribution in [-0.4, -0.2) is 11.9 Å². The maximum atomic E-state index is 5.03. The number of rotatable bonds is 4. The van der Waals surface area contributed by atoms with E-state index in [0.29, 0.717) is 0 Å². The van der Waals surface area contributed by atoms with Crippen molar-refractivity contribution in [2.45, 2.75) is 48.5 Å². The molecule has 4 rings (SSSR count). The van der Waals surface area contributed by atoms with Crippen molar-refractivity contribution in [3.63, 3.8) is 0 Å². The van der Waals surface area contributed by atoms with Crippen LogP contribution < -0.4 is 0 Å². The summed E-state index contributed by atoms with van der Waals surface area (Å²) in [6.07, 6.45) is 1.90. The minimum Gasteiger partial charge on any atom is -0.254 e. The molecule has 0 aliphatic rings. The predicted molar refractivity (Wildman–Crippen MR) is 153 cm³/mol. The van der Waals surface area contributed by atoms with Crippen molar-refractivity contribution in [2.24, 2.45) is 9.98 Å². The van der Waals surface area contributed by atoms with Gasteiger partial charge in [-0.25, -0.2) is 4.99 Å². The zero-order valence-corrected chi connectivity index (χ0v) is 22.1. The molecule has 0 spiro atoms. The molecule has 2 heteroatoms. The third-order valence-electron chi connectivity index (χ3n) is 5.83. The second-order valence-electron chi connectivity index (χ2n) is 9.27. The summed E-state index contributed by atoms with van der Waals surface area (Å²) in [6.45, 7) is 14.8. The zero-order valence-electron chi connectivity index (χ0n) is 22.1. The molecule has 0 fully saturated rings. The van der Waals surface area contributed by atoms with Crippen LogP contribution in [0.4, 0.5) is 11.4 Å². The van der Waals surface area contributed by atoms with Gasteiger partial charge >= 0.3 is 0 Å². The summed E-state index contributed by atoms with van der Waals surface area (Å²) in [7, 11) is 0. The van der Waals surface area contributed by atoms with E-state index in [0.717, 1.165) is 22.6 Å². The van der Waals surface area contributed by atoms with Crippen LogP contribution in [0.15, 0.2) is 94.9 Å². The maximum Gasteiger partial charge on any atom is 0.0892 e. The average Bonchev–Trinajstić information content (AvgIpc) is 2.80. The van der Waals surface area contributed by atoms with Gasteiger partial charge in [0, 0.05) is 5.56 Å². The van der Waals surface area contributed by atoms with Crippen molar-refractivity contribution >= 4 is 23.3 Å². The van der Waals surface area contributed by atoms with Crippen molar-refractivity contribution in [3.8, 4) is 0 Å². The summed E-state index contributed by atoms with van der Waals surface area (Å²) >= 11 is 0. The van der Waals surface area contributed by atoms with Crippen LogP contribution in [0.2, 0.25) is 0 Å². The highest BCUT2D eigenvalue weighted by Gasteiger charge is 2.08. The molecule has 0 saturated carbocycles. The molecular formula is C33H36N2. The van der Waals surface area contributed by atoms with Gasteiger partial charge in [0.1, 0.15) is 0 Å². The lowest BCUT2D eigenvalue weighted by Gasteiger charge is -2.10. The number of nitrogens with zero attached hydrogens (tertiary/aromatic N) is 2. The molecule has 0 aliphatic heterocycles. The maximum absolute atomic E-state index is 5.03. The van der Waals surface area contributed by atoms with Crippen molar-refractivity contribution in [3.05, 3.63) is 129 Å². The predicted octanol–water partition coefficient (Wildman–Crippen LogP) is 9.06. The Morgan fingerprint density at radius 3 is 1.37 bits per heavy atom. The smallest absolute Gasteiger partial charge is 0.0892 e. The number of aryl methyl sites for hydroxylation is 7. The number of hydrogen-bond donors (Lipinski definition) is 0. The first-order valence-corrected chi connectivity index (χ1v) is 12.1. The summed E-state index contributed by atoms with van der Waals surface area (Å²) in [5.41, 5.74) is 12.5. The topological polar surface area (TPSA) is 24.7 Å². The monoisotopic (exact) mass is 460 g/mol. The zero-order chi connectivity index (χ0) is 25.4. The van der Waals surface area contributed by atoms with Crippen LogP contribution in [0.25, 0.3) is 0 Å². The molecule has 35 heavy (non-hydrogen) atoms. The van der Waals surface area contributed by atoms with Crippen LogP contribution >= 0.6 is 0 Å². The van der Waals surface area contributed by atoms with E-state index in [1.807, 2.05) is 42.6 Å². The van der Waals surface area contributed by atoms with Gasteiger partial charge in [0.25, 0.3) is 0 Å². The first kappa shape index (κ1) is 25.8. The molecule has 178 valence electrons. The van der Waals surface area contributed by atoms with Crippen LogP contribution in [0.5, 0.6) is 0 Å². The van der Waals surface area contributed by atoms with E-state index in [1.165, 1.54) is 38.9 Å². The van der Waals surface area contributed by atoms with Gasteiger partial charge in [-0.05, 0) is 70.7 Å². The van der Waals surface area contributed by atoms with Gasteiger partial charge in [-0.15, -0.1) is 0 Å². The average molecular weight is 461 g/mol. The van der Waals surface area contributed by atoms with E-state index in [2.05, 4.69) is 97.0 Å². The van der Waals surface area contributed by atoms with Crippen LogP contribution in [0.3, 0.4) is 0 Å². The van der Waals surface area contributed by atoms with Crippen LogP contribution in [-0.2, 0) is 0 Å². The first-order valence-electron chi connectivity index (χ1n) is 12.1. The van der Waals surface area contributed by atoms with Gasteiger partial charge in [0.15, 0.2) is 0 Å². The number of hydrogen-bond acceptors (Lipinski definition) is 2. The molecule has 0 amide bonds. The molecule has 0 bridgehead atoms. The minimum atomic E-state index is 0.870. The van der Waals surface area contributed by atoms with Crippen molar-refractivity contribution in [1.29, 1.82) is 0 Å². The van der Waals surface area contributed by atoms with E-state index in [4.69, 9.17) is 9.98 Å². The van der Waals surface area contributed by atoms with Gasteiger partial charge < -0.3 is 0 Å². The molecule has 0 saturated heterocycles. The Morgan fingerprint density at radius 1 is 0.514 bits per heavy atom. The normalized spacial score (nSPS) is 11.3. The van der Waals surface area contributed by atoms with Gasteiger partial charge in [0.2, 0.25) is 0 Å². The van der Waals surface area contributed by atoms with Crippen LogP contribution in [0, 0.1) is 48.5 Å². The molecule has 0 atom stereocenters. The lowest BCUT2D eigenvalue weighted by molar-refractivity contribution is 1.28. The Hall–Kier alpha value is -3.78. The van der Waals surface area contributed by atoms with Crippen molar-refractivity contribution < 1.29 is 0 Å². The highest BCUT2D eigenvalue weighted by molar-refractivity contribution is 6.39. The van der Waals surface area contributed by atoms with Gasteiger partial charge in [-0.2, -0.15) is 0 Å². The van der Waals surface area contributed by atoms with Crippen LogP contribution in [0.1, 0.15) is 44.5 Å². The van der Waals surface area contributed by atoms with Crippen molar-refractivity contribution in [2.75, 3.05) is 0 Å². The molecule has 4 aromatic carbocycles. The standard InChI is InChI=1S/C26H28N2.C7H8/c1-17-12-19(3)25(20(4)13-17)27-16-24(23-10-8-7-9-11-23)28-26-21(5)14-18(2)15-22(26)6;1-7-5-3-2-4-6-7/h7-16H,1-6H3;2-6H,1H3. The summed E-state index contributed by atoms with van der Waals surface area (Å²) in [5, 5.41) is 0. The van der Waals surface area contributed by atoms with E-state index >= 15 is 0 Å². The lowest BCUT2D eigenvalue weighted by atomic mass is 10.0. The first-order chi connectivity index (χ1) is 16.7. The molecule has 4 aromatic rings. The quantitative estimate of drug-likeness (QED) is 0.271. The summed E-state index contributed by atoms with van der Waals surface area (Å²) in [5.74, 6) is 0. The Labute approximate surface area is 211 Å². The Bertz CT molecular complexity index is 1280. The fourth-order valence-electron chi connectivity index (χ4n) is 4.28. The SMILES string of the molecule is Cc1cc(C)c(N=CC(=Nc2c(C)cc(C)cc2C)c2ccccc2)c(C)c1.Cc1ccccc1. The van der Waals surface area contributed by atoms with Gasteiger partial charge in [-0.3, -0.25) is 4.99 Å². The molecule has 0 aliphatic carbocycles. The Morgan fingerprint density at radius 2 is 0.943 bits per heavy atom.